The molecule has 1 saturated carbocycles. The van der Waals surface area contributed by atoms with Crippen molar-refractivity contribution in [2.75, 3.05) is 13.4 Å². The van der Waals surface area contributed by atoms with Crippen LogP contribution >= 0.6 is 11.8 Å². The largest absolute Gasteiger partial charge is 0.469 e. The molecule has 1 fully saturated rings. The predicted octanol–water partition coefficient (Wildman–Crippen LogP) is 2.31. The lowest BCUT2D eigenvalue weighted by Crippen LogP contribution is -2.25. The molecule has 0 saturated heterocycles. The fourth-order valence-electron chi connectivity index (χ4n) is 1.92. The number of carbonyl (C=O) groups is 1. The van der Waals surface area contributed by atoms with Crippen molar-refractivity contribution in [1.82, 2.24) is 0 Å². The minimum atomic E-state index is -0.0841. The molecule has 3 nitrogen and oxygen atoms in total. The second-order valence-electron chi connectivity index (χ2n) is 3.64. The normalized spacial score (nSPS) is 27.0. The first-order chi connectivity index (χ1) is 6.69. The van der Waals surface area contributed by atoms with Crippen molar-refractivity contribution in [2.24, 2.45) is 11.8 Å². The third kappa shape index (κ3) is 2.74. The molecule has 0 heterocycles. The van der Waals surface area contributed by atoms with E-state index in [4.69, 9.17) is 10.1 Å². The van der Waals surface area contributed by atoms with Gasteiger partial charge in [-0.3, -0.25) is 10.2 Å². The van der Waals surface area contributed by atoms with Gasteiger partial charge in [-0.2, -0.15) is 0 Å². The van der Waals surface area contributed by atoms with Crippen LogP contribution in [0.4, 0.5) is 0 Å². The first-order valence-corrected chi connectivity index (χ1v) is 6.11. The Kier molecular flexibility index (Phi) is 4.45. The Morgan fingerprint density at radius 3 is 2.21 bits per heavy atom. The summed E-state index contributed by atoms with van der Waals surface area (Å²) in [6.45, 7) is 0. The van der Waals surface area contributed by atoms with E-state index in [9.17, 15) is 4.79 Å². The molecule has 0 aliphatic heterocycles. The van der Waals surface area contributed by atoms with Gasteiger partial charge in [0.05, 0.1) is 18.1 Å². The maximum atomic E-state index is 11.2. The van der Waals surface area contributed by atoms with E-state index in [1.165, 1.54) is 18.9 Å². The summed E-state index contributed by atoms with van der Waals surface area (Å²) in [6, 6.07) is 0. The Morgan fingerprint density at radius 1 is 1.29 bits per heavy atom. The highest BCUT2D eigenvalue weighted by molar-refractivity contribution is 8.13. The lowest BCUT2D eigenvalue weighted by Gasteiger charge is -2.26. The molecule has 0 atom stereocenters. The zero-order valence-electron chi connectivity index (χ0n) is 8.71. The number of carbonyl (C=O) groups excluding carboxylic acids is 1. The summed E-state index contributed by atoms with van der Waals surface area (Å²) in [6.07, 6.45) is 5.61. The molecule has 14 heavy (non-hydrogen) atoms. The molecule has 0 aromatic rings. The molecule has 0 aromatic carbocycles. The van der Waals surface area contributed by atoms with Crippen LogP contribution in [0.3, 0.4) is 0 Å². The highest BCUT2D eigenvalue weighted by Crippen LogP contribution is 2.31. The summed E-state index contributed by atoms with van der Waals surface area (Å²) in [7, 11) is 1.44. The summed E-state index contributed by atoms with van der Waals surface area (Å²) in [4.78, 5) is 11.2. The topological polar surface area (TPSA) is 50.2 Å². The number of thioether (sulfide) groups is 1. The van der Waals surface area contributed by atoms with Crippen molar-refractivity contribution < 1.29 is 9.53 Å². The summed E-state index contributed by atoms with van der Waals surface area (Å²) in [5.41, 5.74) is 0. The highest BCUT2D eigenvalue weighted by Gasteiger charge is 2.28. The molecule has 80 valence electrons. The molecule has 1 N–H and O–H groups in total. The molecule has 0 aromatic heterocycles. The fraction of sp³-hybridized carbons (Fsp3) is 0.800. The standard InChI is InChI=1S/C10H17NO2S/c1-13-10(12)8-5-3-7(4-6-8)9(11)14-2/h7-8,11H,3-6H2,1-2H3/t7-,8-. The van der Waals surface area contributed by atoms with Gasteiger partial charge in [-0.05, 0) is 31.9 Å². The Balaban J connectivity index is 2.38. The zero-order valence-corrected chi connectivity index (χ0v) is 9.52. The average molecular weight is 215 g/mol. The zero-order chi connectivity index (χ0) is 10.6. The van der Waals surface area contributed by atoms with Crippen molar-refractivity contribution in [1.29, 1.82) is 5.41 Å². The Labute approximate surface area is 89.1 Å². The maximum absolute atomic E-state index is 11.2. The van der Waals surface area contributed by atoms with Crippen LogP contribution in [-0.2, 0) is 9.53 Å². The quantitative estimate of drug-likeness (QED) is 0.437. The average Bonchev–Trinajstić information content (AvgIpc) is 2.27. The van der Waals surface area contributed by atoms with Gasteiger partial charge >= 0.3 is 5.97 Å². The van der Waals surface area contributed by atoms with Gasteiger partial charge < -0.3 is 4.74 Å². The van der Waals surface area contributed by atoms with Gasteiger partial charge in [0.2, 0.25) is 0 Å². The van der Waals surface area contributed by atoms with E-state index in [0.717, 1.165) is 30.7 Å². The van der Waals surface area contributed by atoms with Gasteiger partial charge in [-0.1, -0.05) is 0 Å². The first kappa shape index (κ1) is 11.6. The molecule has 4 heteroatoms. The number of hydrogen-bond donors (Lipinski definition) is 1. The SMILES string of the molecule is COC(=O)[C@H]1CC[C@H](C(=N)SC)CC1. The number of esters is 1. The molecule has 1 aliphatic rings. The predicted molar refractivity (Wildman–Crippen MR) is 58.7 cm³/mol. The molecule has 0 amide bonds. The summed E-state index contributed by atoms with van der Waals surface area (Å²) in [5, 5.41) is 8.45. The van der Waals surface area contributed by atoms with Gasteiger partial charge in [0, 0.05) is 5.92 Å². The van der Waals surface area contributed by atoms with Crippen LogP contribution in [0.25, 0.3) is 0 Å². The minimum Gasteiger partial charge on any atom is -0.469 e. The van der Waals surface area contributed by atoms with E-state index < -0.39 is 0 Å². The van der Waals surface area contributed by atoms with Gasteiger partial charge in [0.15, 0.2) is 0 Å². The van der Waals surface area contributed by atoms with Gasteiger partial charge in [0.1, 0.15) is 0 Å². The number of ether oxygens (including phenoxy) is 1. The number of nitrogens with one attached hydrogen (secondary N) is 1. The Bertz CT molecular complexity index is 198. The monoisotopic (exact) mass is 215 g/mol. The molecular weight excluding hydrogens is 198 g/mol. The van der Waals surface area contributed by atoms with Crippen LogP contribution in [-0.4, -0.2) is 24.4 Å². The van der Waals surface area contributed by atoms with Crippen LogP contribution in [0.1, 0.15) is 25.7 Å². The molecule has 1 rings (SSSR count). The van der Waals surface area contributed by atoms with Crippen LogP contribution in [0, 0.1) is 17.2 Å². The second-order valence-corrected chi connectivity index (χ2v) is 4.49. The molecular formula is C10H17NO2S. The van der Waals surface area contributed by atoms with Crippen molar-refractivity contribution in [3.05, 3.63) is 0 Å². The smallest absolute Gasteiger partial charge is 0.308 e. The van der Waals surface area contributed by atoms with Gasteiger partial charge in [0.25, 0.3) is 0 Å². The Hall–Kier alpha value is -0.510. The lowest BCUT2D eigenvalue weighted by molar-refractivity contribution is -0.146. The number of hydrogen-bond acceptors (Lipinski definition) is 4. The summed E-state index contributed by atoms with van der Waals surface area (Å²) in [5.74, 6) is 0.371. The summed E-state index contributed by atoms with van der Waals surface area (Å²) >= 11 is 1.51. The van der Waals surface area contributed by atoms with E-state index >= 15 is 0 Å². The van der Waals surface area contributed by atoms with Crippen LogP contribution in [0.15, 0.2) is 0 Å². The third-order valence-electron chi connectivity index (χ3n) is 2.85. The van der Waals surface area contributed by atoms with E-state index in [0.29, 0.717) is 5.92 Å². The maximum Gasteiger partial charge on any atom is 0.308 e. The van der Waals surface area contributed by atoms with Gasteiger partial charge in [-0.25, -0.2) is 0 Å². The van der Waals surface area contributed by atoms with Crippen molar-refractivity contribution in [3.8, 4) is 0 Å². The molecule has 0 unspecified atom stereocenters. The molecule has 0 bridgehead atoms. The number of methoxy groups -OCH3 is 1. The fourth-order valence-corrected chi connectivity index (χ4v) is 2.49. The Morgan fingerprint density at radius 2 is 1.79 bits per heavy atom. The third-order valence-corrected chi connectivity index (χ3v) is 3.63. The van der Waals surface area contributed by atoms with Crippen LogP contribution in [0.2, 0.25) is 0 Å². The lowest BCUT2D eigenvalue weighted by atomic mass is 9.82. The summed E-state index contributed by atoms with van der Waals surface area (Å²) < 4.78 is 4.71. The van der Waals surface area contributed by atoms with Crippen molar-refractivity contribution in [2.45, 2.75) is 25.7 Å². The van der Waals surface area contributed by atoms with Gasteiger partial charge in [-0.15, -0.1) is 11.8 Å². The molecule has 0 spiro atoms. The second kappa shape index (κ2) is 5.39. The minimum absolute atomic E-state index is 0.0749. The van der Waals surface area contributed by atoms with E-state index in [1.54, 1.807) is 0 Å². The molecule has 0 radical (unpaired) electrons. The van der Waals surface area contributed by atoms with Crippen molar-refractivity contribution in [3.63, 3.8) is 0 Å². The van der Waals surface area contributed by atoms with E-state index in [-0.39, 0.29) is 11.9 Å². The van der Waals surface area contributed by atoms with E-state index in [2.05, 4.69) is 0 Å². The van der Waals surface area contributed by atoms with Crippen LogP contribution in [0.5, 0.6) is 0 Å². The van der Waals surface area contributed by atoms with Crippen molar-refractivity contribution >= 4 is 22.8 Å². The first-order valence-electron chi connectivity index (χ1n) is 4.89. The number of rotatable bonds is 2. The highest BCUT2D eigenvalue weighted by atomic mass is 32.2. The molecule has 1 aliphatic carbocycles. The van der Waals surface area contributed by atoms with E-state index in [1.807, 2.05) is 6.26 Å². The van der Waals surface area contributed by atoms with Crippen LogP contribution < -0.4 is 0 Å².